The van der Waals surface area contributed by atoms with Gasteiger partial charge in [0.05, 0.1) is 17.8 Å². The lowest BCUT2D eigenvalue weighted by molar-refractivity contribution is 0.200. The van der Waals surface area contributed by atoms with Crippen LogP contribution in [-0.4, -0.2) is 42.3 Å². The third-order valence-electron chi connectivity index (χ3n) is 4.06. The number of aromatic nitrogens is 1. The molecule has 2 aromatic rings. The Balaban J connectivity index is 1.58. The number of hydrogen-bond acceptors (Lipinski definition) is 5. The minimum Gasteiger partial charge on any atom is -0.369 e. The minimum atomic E-state index is -0.103. The molecule has 1 fully saturated rings. The molecule has 0 unspecified atom stereocenters. The maximum Gasteiger partial charge on any atom is 0.317 e. The fraction of sp³-hybridized carbons (Fsp3) is 0.353. The van der Waals surface area contributed by atoms with Crippen molar-refractivity contribution in [2.45, 2.75) is 13.0 Å². The predicted molar refractivity (Wildman–Crippen MR) is 88.3 cm³/mol. The standard InChI is InChI=1S/C17H19N5O2/c18-12-14-4-1-2-5-16(14)21-7-3-8-22(10-9-21)17(23)19-13-15-6-11-24-20-15/h1-2,4-6,11H,3,7-10,13H2,(H,19,23). The smallest absolute Gasteiger partial charge is 0.317 e. The van der Waals surface area contributed by atoms with Crippen molar-refractivity contribution in [3.8, 4) is 6.07 Å². The number of para-hydroxylation sites is 1. The molecule has 1 saturated heterocycles. The van der Waals surface area contributed by atoms with Gasteiger partial charge in [-0.25, -0.2) is 4.79 Å². The largest absolute Gasteiger partial charge is 0.369 e. The van der Waals surface area contributed by atoms with Crippen molar-refractivity contribution in [2.75, 3.05) is 31.1 Å². The summed E-state index contributed by atoms with van der Waals surface area (Å²) >= 11 is 0. The highest BCUT2D eigenvalue weighted by molar-refractivity contribution is 5.74. The zero-order valence-corrected chi connectivity index (χ0v) is 13.3. The Morgan fingerprint density at radius 2 is 2.12 bits per heavy atom. The van der Waals surface area contributed by atoms with E-state index in [1.807, 2.05) is 24.3 Å². The van der Waals surface area contributed by atoms with E-state index in [-0.39, 0.29) is 6.03 Å². The van der Waals surface area contributed by atoms with Crippen LogP contribution in [0.4, 0.5) is 10.5 Å². The quantitative estimate of drug-likeness (QED) is 0.932. The highest BCUT2D eigenvalue weighted by atomic mass is 16.5. The van der Waals surface area contributed by atoms with Crippen LogP contribution in [0.25, 0.3) is 0 Å². The first-order valence-electron chi connectivity index (χ1n) is 7.94. The first kappa shape index (κ1) is 15.9. The number of carbonyl (C=O) groups excluding carboxylic acids is 1. The van der Waals surface area contributed by atoms with Crippen LogP contribution in [0.1, 0.15) is 17.7 Å². The Morgan fingerprint density at radius 3 is 2.92 bits per heavy atom. The monoisotopic (exact) mass is 325 g/mol. The summed E-state index contributed by atoms with van der Waals surface area (Å²) in [7, 11) is 0. The predicted octanol–water partition coefficient (Wildman–Crippen LogP) is 1.97. The first-order valence-corrected chi connectivity index (χ1v) is 7.94. The van der Waals surface area contributed by atoms with E-state index in [0.29, 0.717) is 37.4 Å². The molecular formula is C17H19N5O2. The Hall–Kier alpha value is -3.01. The van der Waals surface area contributed by atoms with Crippen molar-refractivity contribution in [3.63, 3.8) is 0 Å². The number of nitrogens with zero attached hydrogens (tertiary/aromatic N) is 4. The van der Waals surface area contributed by atoms with Gasteiger partial charge in [0.2, 0.25) is 0 Å². The van der Waals surface area contributed by atoms with Gasteiger partial charge >= 0.3 is 6.03 Å². The summed E-state index contributed by atoms with van der Waals surface area (Å²) < 4.78 is 4.75. The second kappa shape index (κ2) is 7.51. The molecule has 0 saturated carbocycles. The first-order chi connectivity index (χ1) is 11.8. The van der Waals surface area contributed by atoms with Gasteiger partial charge in [-0.15, -0.1) is 0 Å². The third-order valence-corrected chi connectivity index (χ3v) is 4.06. The minimum absolute atomic E-state index is 0.103. The number of amides is 2. The van der Waals surface area contributed by atoms with E-state index < -0.39 is 0 Å². The number of nitrogens with one attached hydrogen (secondary N) is 1. The summed E-state index contributed by atoms with van der Waals surface area (Å²) in [4.78, 5) is 16.3. The van der Waals surface area contributed by atoms with Gasteiger partial charge in [0, 0.05) is 32.2 Å². The molecule has 24 heavy (non-hydrogen) atoms. The maximum absolute atomic E-state index is 12.3. The number of nitriles is 1. The Kier molecular flexibility index (Phi) is 4.96. The van der Waals surface area contributed by atoms with Crippen LogP contribution in [-0.2, 0) is 6.54 Å². The number of hydrogen-bond donors (Lipinski definition) is 1. The lowest BCUT2D eigenvalue weighted by Gasteiger charge is -2.24. The molecule has 0 atom stereocenters. The van der Waals surface area contributed by atoms with Crippen molar-refractivity contribution in [1.82, 2.24) is 15.4 Å². The summed E-state index contributed by atoms with van der Waals surface area (Å²) in [6.45, 7) is 3.19. The fourth-order valence-electron chi connectivity index (χ4n) is 2.81. The summed E-state index contributed by atoms with van der Waals surface area (Å²) in [5, 5.41) is 15.9. The van der Waals surface area contributed by atoms with Gasteiger partial charge in [-0.05, 0) is 18.6 Å². The molecule has 1 aromatic heterocycles. The molecule has 0 spiro atoms. The number of benzene rings is 1. The molecule has 7 heteroatoms. The molecule has 1 N–H and O–H groups in total. The van der Waals surface area contributed by atoms with Crippen LogP contribution in [0.15, 0.2) is 41.1 Å². The average Bonchev–Trinajstić information content (AvgIpc) is 3.02. The zero-order valence-electron chi connectivity index (χ0n) is 13.3. The van der Waals surface area contributed by atoms with Crippen LogP contribution < -0.4 is 10.2 Å². The Bertz CT molecular complexity index is 723. The van der Waals surface area contributed by atoms with E-state index in [1.165, 1.54) is 6.26 Å². The second-order valence-corrected chi connectivity index (χ2v) is 5.61. The zero-order chi connectivity index (χ0) is 16.8. The molecule has 1 aromatic carbocycles. The molecular weight excluding hydrogens is 306 g/mol. The van der Waals surface area contributed by atoms with Gasteiger partial charge in [0.1, 0.15) is 18.0 Å². The number of rotatable bonds is 3. The maximum atomic E-state index is 12.3. The summed E-state index contributed by atoms with van der Waals surface area (Å²) in [6, 6.07) is 11.4. The van der Waals surface area contributed by atoms with E-state index in [0.717, 1.165) is 18.7 Å². The average molecular weight is 325 g/mol. The molecule has 0 aliphatic carbocycles. The number of anilines is 1. The molecule has 124 valence electrons. The second-order valence-electron chi connectivity index (χ2n) is 5.61. The molecule has 2 amide bonds. The number of urea groups is 1. The van der Waals surface area contributed by atoms with Crippen molar-refractivity contribution in [3.05, 3.63) is 47.9 Å². The summed E-state index contributed by atoms with van der Waals surface area (Å²) in [5.74, 6) is 0. The molecule has 3 rings (SSSR count). The van der Waals surface area contributed by atoms with E-state index in [4.69, 9.17) is 4.52 Å². The highest BCUT2D eigenvalue weighted by Gasteiger charge is 2.20. The topological polar surface area (TPSA) is 85.4 Å². The van der Waals surface area contributed by atoms with Crippen molar-refractivity contribution in [1.29, 1.82) is 5.26 Å². The van der Waals surface area contributed by atoms with Crippen molar-refractivity contribution in [2.24, 2.45) is 0 Å². The highest BCUT2D eigenvalue weighted by Crippen LogP contribution is 2.21. The van der Waals surface area contributed by atoms with Crippen molar-refractivity contribution < 1.29 is 9.32 Å². The van der Waals surface area contributed by atoms with E-state index in [2.05, 4.69) is 21.4 Å². The van der Waals surface area contributed by atoms with Gasteiger partial charge < -0.3 is 19.6 Å². The molecule has 0 bridgehead atoms. The van der Waals surface area contributed by atoms with Crippen LogP contribution in [0.2, 0.25) is 0 Å². The van der Waals surface area contributed by atoms with Crippen molar-refractivity contribution >= 4 is 11.7 Å². The molecule has 7 nitrogen and oxygen atoms in total. The molecule has 0 radical (unpaired) electrons. The van der Waals surface area contributed by atoms with E-state index in [1.54, 1.807) is 11.0 Å². The van der Waals surface area contributed by atoms with E-state index in [9.17, 15) is 10.1 Å². The van der Waals surface area contributed by atoms with Crippen LogP contribution >= 0.6 is 0 Å². The normalized spacial score (nSPS) is 14.8. The van der Waals surface area contributed by atoms with Crippen LogP contribution in [0, 0.1) is 11.3 Å². The number of carbonyl (C=O) groups is 1. The van der Waals surface area contributed by atoms with Gasteiger partial charge in [0.15, 0.2) is 0 Å². The van der Waals surface area contributed by atoms with Gasteiger partial charge in [-0.3, -0.25) is 0 Å². The SMILES string of the molecule is N#Cc1ccccc1N1CCCN(C(=O)NCc2ccon2)CC1. The third kappa shape index (κ3) is 3.66. The van der Waals surface area contributed by atoms with Crippen LogP contribution in [0.5, 0.6) is 0 Å². The fourth-order valence-corrected chi connectivity index (χ4v) is 2.81. The molecule has 1 aliphatic heterocycles. The Morgan fingerprint density at radius 1 is 1.25 bits per heavy atom. The van der Waals surface area contributed by atoms with E-state index >= 15 is 0 Å². The van der Waals surface area contributed by atoms with Crippen LogP contribution in [0.3, 0.4) is 0 Å². The molecule has 1 aliphatic rings. The lowest BCUT2D eigenvalue weighted by atomic mass is 10.1. The van der Waals surface area contributed by atoms with Gasteiger partial charge in [-0.2, -0.15) is 5.26 Å². The summed E-state index contributed by atoms with van der Waals surface area (Å²) in [6.07, 6.45) is 2.34. The lowest BCUT2D eigenvalue weighted by Crippen LogP contribution is -2.41. The van der Waals surface area contributed by atoms with Gasteiger partial charge in [0.25, 0.3) is 0 Å². The summed E-state index contributed by atoms with van der Waals surface area (Å²) in [5.41, 5.74) is 2.30. The van der Waals surface area contributed by atoms with Gasteiger partial charge in [-0.1, -0.05) is 17.3 Å². The molecule has 2 heterocycles. The Labute approximate surface area is 140 Å².